The minimum absolute atomic E-state index is 0.601. The van der Waals surface area contributed by atoms with Gasteiger partial charge in [0.1, 0.15) is 12.2 Å². The number of nitrogens with zero attached hydrogens (tertiary/aromatic N) is 3. The highest BCUT2D eigenvalue weighted by atomic mass is 16.5. The summed E-state index contributed by atoms with van der Waals surface area (Å²) >= 11 is 0. The van der Waals surface area contributed by atoms with Gasteiger partial charge in [-0.2, -0.15) is 5.10 Å². The summed E-state index contributed by atoms with van der Waals surface area (Å²) in [6.45, 7) is 4.14. The maximum Gasteiger partial charge on any atom is 0.146 e. The Hall–Kier alpha value is -1.88. The van der Waals surface area contributed by atoms with E-state index in [1.807, 2.05) is 22.9 Å². The molecule has 0 radical (unpaired) electrons. The lowest BCUT2D eigenvalue weighted by molar-refractivity contribution is 0.185. The second kappa shape index (κ2) is 6.16. The molecule has 0 fully saturated rings. The average molecular weight is 246 g/mol. The summed E-state index contributed by atoms with van der Waals surface area (Å²) in [5, 5.41) is 7.52. The van der Waals surface area contributed by atoms with Crippen molar-refractivity contribution in [1.82, 2.24) is 14.8 Å². The molecule has 18 heavy (non-hydrogen) atoms. The summed E-state index contributed by atoms with van der Waals surface area (Å²) in [6, 6.07) is 8.11. The predicted molar refractivity (Wildman–Crippen MR) is 70.2 cm³/mol. The van der Waals surface area contributed by atoms with E-state index in [-0.39, 0.29) is 0 Å². The maximum atomic E-state index is 5.18. The Morgan fingerprint density at radius 3 is 2.94 bits per heavy atom. The molecule has 0 aliphatic rings. The Kier molecular flexibility index (Phi) is 4.30. The van der Waals surface area contributed by atoms with E-state index in [1.165, 1.54) is 0 Å². The van der Waals surface area contributed by atoms with E-state index >= 15 is 0 Å². The molecular formula is C13H18N4O. The van der Waals surface area contributed by atoms with Gasteiger partial charge in [-0.05, 0) is 13.0 Å². The minimum Gasteiger partial charge on any atom is -0.380 e. The van der Waals surface area contributed by atoms with Crippen LogP contribution < -0.4 is 5.32 Å². The van der Waals surface area contributed by atoms with E-state index in [9.17, 15) is 0 Å². The summed E-state index contributed by atoms with van der Waals surface area (Å²) in [7, 11) is 1.70. The molecule has 0 aliphatic heterocycles. The summed E-state index contributed by atoms with van der Waals surface area (Å²) < 4.78 is 7.06. The van der Waals surface area contributed by atoms with E-state index in [0.717, 1.165) is 23.6 Å². The van der Waals surface area contributed by atoms with Gasteiger partial charge in [-0.15, -0.1) is 0 Å². The second-order valence-electron chi connectivity index (χ2n) is 3.94. The first-order valence-corrected chi connectivity index (χ1v) is 6.02. The molecule has 1 N–H and O–H groups in total. The summed E-state index contributed by atoms with van der Waals surface area (Å²) in [5.41, 5.74) is 2.22. The molecule has 2 rings (SSSR count). The molecule has 0 atom stereocenters. The van der Waals surface area contributed by atoms with Crippen LogP contribution >= 0.6 is 0 Å². The Morgan fingerprint density at radius 2 is 2.17 bits per heavy atom. The largest absolute Gasteiger partial charge is 0.380 e. The molecule has 0 saturated carbocycles. The van der Waals surface area contributed by atoms with Crippen LogP contribution in [0.5, 0.6) is 0 Å². The number of para-hydroxylation sites is 1. The van der Waals surface area contributed by atoms with E-state index < -0.39 is 0 Å². The van der Waals surface area contributed by atoms with Crippen LogP contribution in [-0.4, -0.2) is 21.9 Å². The van der Waals surface area contributed by atoms with Gasteiger partial charge in [-0.1, -0.05) is 18.2 Å². The van der Waals surface area contributed by atoms with Crippen molar-refractivity contribution in [3.63, 3.8) is 0 Å². The second-order valence-corrected chi connectivity index (χ2v) is 3.94. The van der Waals surface area contributed by atoms with Crippen LogP contribution in [0.15, 0.2) is 30.6 Å². The van der Waals surface area contributed by atoms with Crippen LogP contribution in [-0.2, 0) is 24.4 Å². The third-order valence-electron chi connectivity index (χ3n) is 2.75. The van der Waals surface area contributed by atoms with E-state index in [0.29, 0.717) is 13.2 Å². The smallest absolute Gasteiger partial charge is 0.146 e. The number of hydrogen-bond donors (Lipinski definition) is 1. The zero-order valence-electron chi connectivity index (χ0n) is 10.8. The lowest BCUT2D eigenvalue weighted by Gasteiger charge is -2.11. The third-order valence-corrected chi connectivity index (χ3v) is 2.75. The number of rotatable bonds is 6. The minimum atomic E-state index is 0.601. The Labute approximate surface area is 107 Å². The van der Waals surface area contributed by atoms with Crippen LogP contribution in [0.1, 0.15) is 18.3 Å². The van der Waals surface area contributed by atoms with Gasteiger partial charge < -0.3 is 10.1 Å². The highest BCUT2D eigenvalue weighted by molar-refractivity contribution is 5.50. The van der Waals surface area contributed by atoms with Crippen LogP contribution in [0.2, 0.25) is 0 Å². The molecule has 0 bridgehead atoms. The lowest BCUT2D eigenvalue weighted by atomic mass is 10.2. The monoisotopic (exact) mass is 246 g/mol. The van der Waals surface area contributed by atoms with Crippen molar-refractivity contribution < 1.29 is 4.74 Å². The number of methoxy groups -OCH3 is 1. The zero-order chi connectivity index (χ0) is 12.8. The molecule has 96 valence electrons. The molecule has 0 saturated heterocycles. The standard InChI is InChI=1S/C13H18N4O/c1-3-17-13(15-10-16-17)8-14-12-7-5-4-6-11(12)9-18-2/h4-7,10,14H,3,8-9H2,1-2H3. The van der Waals surface area contributed by atoms with Crippen molar-refractivity contribution >= 4 is 5.69 Å². The molecular weight excluding hydrogens is 228 g/mol. The van der Waals surface area contributed by atoms with Crippen LogP contribution in [0.4, 0.5) is 5.69 Å². The van der Waals surface area contributed by atoms with Crippen molar-refractivity contribution in [3.8, 4) is 0 Å². The van der Waals surface area contributed by atoms with Gasteiger partial charge in [0.15, 0.2) is 0 Å². The van der Waals surface area contributed by atoms with Crippen molar-refractivity contribution in [2.24, 2.45) is 0 Å². The molecule has 0 spiro atoms. The van der Waals surface area contributed by atoms with Gasteiger partial charge in [0.2, 0.25) is 0 Å². The summed E-state index contributed by atoms with van der Waals surface area (Å²) in [6.07, 6.45) is 1.58. The molecule has 0 aliphatic carbocycles. The molecule has 1 aromatic carbocycles. The first-order valence-electron chi connectivity index (χ1n) is 6.02. The molecule has 1 heterocycles. The van der Waals surface area contributed by atoms with Crippen LogP contribution in [0.3, 0.4) is 0 Å². The first kappa shape index (κ1) is 12.6. The first-order chi connectivity index (χ1) is 8.85. The Bertz CT molecular complexity index is 495. The average Bonchev–Trinajstić information content (AvgIpc) is 2.85. The zero-order valence-corrected chi connectivity index (χ0v) is 10.8. The van der Waals surface area contributed by atoms with Gasteiger partial charge in [0, 0.05) is 24.9 Å². The van der Waals surface area contributed by atoms with Crippen molar-refractivity contribution in [1.29, 1.82) is 0 Å². The summed E-state index contributed by atoms with van der Waals surface area (Å²) in [4.78, 5) is 4.24. The van der Waals surface area contributed by atoms with Crippen molar-refractivity contribution in [3.05, 3.63) is 42.0 Å². The van der Waals surface area contributed by atoms with Gasteiger partial charge in [0.25, 0.3) is 0 Å². The van der Waals surface area contributed by atoms with Crippen molar-refractivity contribution in [2.45, 2.75) is 26.6 Å². The predicted octanol–water partition coefficient (Wildman–Crippen LogP) is 2.06. The van der Waals surface area contributed by atoms with Crippen LogP contribution in [0, 0.1) is 0 Å². The molecule has 5 nitrogen and oxygen atoms in total. The molecule has 5 heteroatoms. The van der Waals surface area contributed by atoms with E-state index in [1.54, 1.807) is 13.4 Å². The van der Waals surface area contributed by atoms with E-state index in [4.69, 9.17) is 4.74 Å². The number of anilines is 1. The molecule has 1 aromatic heterocycles. The maximum absolute atomic E-state index is 5.18. The van der Waals surface area contributed by atoms with Gasteiger partial charge in [0.05, 0.1) is 13.2 Å². The quantitative estimate of drug-likeness (QED) is 0.847. The van der Waals surface area contributed by atoms with Gasteiger partial charge in [-0.3, -0.25) is 0 Å². The number of nitrogens with one attached hydrogen (secondary N) is 1. The van der Waals surface area contributed by atoms with E-state index in [2.05, 4.69) is 28.4 Å². The SMILES string of the molecule is CCn1ncnc1CNc1ccccc1COC. The van der Waals surface area contributed by atoms with Gasteiger partial charge >= 0.3 is 0 Å². The van der Waals surface area contributed by atoms with Crippen molar-refractivity contribution in [2.75, 3.05) is 12.4 Å². The normalized spacial score (nSPS) is 10.6. The Morgan fingerprint density at radius 1 is 1.33 bits per heavy atom. The number of aromatic nitrogens is 3. The highest BCUT2D eigenvalue weighted by Crippen LogP contribution is 2.16. The number of hydrogen-bond acceptors (Lipinski definition) is 4. The Balaban J connectivity index is 2.06. The number of ether oxygens (including phenoxy) is 1. The topological polar surface area (TPSA) is 52.0 Å². The third kappa shape index (κ3) is 2.87. The van der Waals surface area contributed by atoms with Crippen LogP contribution in [0.25, 0.3) is 0 Å². The fourth-order valence-corrected chi connectivity index (χ4v) is 1.84. The number of benzene rings is 1. The fraction of sp³-hybridized carbons (Fsp3) is 0.385. The molecule has 0 unspecified atom stereocenters. The molecule has 0 amide bonds. The number of aryl methyl sites for hydroxylation is 1. The van der Waals surface area contributed by atoms with Gasteiger partial charge in [-0.25, -0.2) is 9.67 Å². The lowest BCUT2D eigenvalue weighted by Crippen LogP contribution is -2.10. The highest BCUT2D eigenvalue weighted by Gasteiger charge is 2.04. The molecule has 2 aromatic rings. The summed E-state index contributed by atoms with van der Waals surface area (Å²) in [5.74, 6) is 0.935. The fourth-order valence-electron chi connectivity index (χ4n) is 1.84.